The van der Waals surface area contributed by atoms with Crippen LogP contribution in [0.15, 0.2) is 58.2 Å². The lowest BCUT2D eigenvalue weighted by Crippen LogP contribution is -2.09. The van der Waals surface area contributed by atoms with E-state index in [9.17, 15) is 9.59 Å². The van der Waals surface area contributed by atoms with E-state index in [0.29, 0.717) is 45.9 Å². The number of carbonyl (C=O) groups excluding carboxylic acids is 2. The van der Waals surface area contributed by atoms with Crippen LogP contribution >= 0.6 is 27.7 Å². The summed E-state index contributed by atoms with van der Waals surface area (Å²) >= 11 is 4.70. The van der Waals surface area contributed by atoms with E-state index >= 15 is 0 Å². The number of benzene rings is 2. The highest BCUT2D eigenvalue weighted by atomic mass is 79.9. The fourth-order valence-corrected chi connectivity index (χ4v) is 5.15. The summed E-state index contributed by atoms with van der Waals surface area (Å²) in [4.78, 5) is 28.1. The SMILES string of the molecule is CCOc1ccc(-n2c(COc3ccc(Br)cc3)nnc2SCC(=O)c2[nH]c(C)c(C(C)=O)c2C)cc1. The molecule has 0 amide bonds. The molecule has 0 radical (unpaired) electrons. The molecule has 1 N–H and O–H groups in total. The van der Waals surface area contributed by atoms with E-state index in [1.807, 2.05) is 60.0 Å². The fraction of sp³-hybridized carbons (Fsp3) is 0.259. The topological polar surface area (TPSA) is 99.1 Å². The Hall–Kier alpha value is -3.37. The van der Waals surface area contributed by atoms with E-state index in [4.69, 9.17) is 9.47 Å². The third-order valence-corrected chi connectivity index (χ3v) is 7.15. The average molecular weight is 584 g/mol. The van der Waals surface area contributed by atoms with Crippen LogP contribution in [0.4, 0.5) is 0 Å². The summed E-state index contributed by atoms with van der Waals surface area (Å²) in [7, 11) is 0. The normalized spacial score (nSPS) is 10.9. The van der Waals surface area contributed by atoms with Gasteiger partial charge in [0, 0.05) is 21.4 Å². The van der Waals surface area contributed by atoms with E-state index in [0.717, 1.165) is 15.9 Å². The van der Waals surface area contributed by atoms with Crippen molar-refractivity contribution in [3.63, 3.8) is 0 Å². The molecular formula is C27H27BrN4O4S. The molecule has 0 spiro atoms. The number of hydrogen-bond donors (Lipinski definition) is 1. The molecule has 37 heavy (non-hydrogen) atoms. The first kappa shape index (κ1) is 26.7. The number of H-pyrrole nitrogens is 1. The molecule has 4 rings (SSSR count). The molecule has 0 saturated carbocycles. The minimum absolute atomic E-state index is 0.0661. The molecule has 10 heteroatoms. The summed E-state index contributed by atoms with van der Waals surface area (Å²) in [5.41, 5.74) is 3.21. The maximum atomic E-state index is 13.1. The summed E-state index contributed by atoms with van der Waals surface area (Å²) in [6.07, 6.45) is 0. The minimum atomic E-state index is -0.119. The predicted octanol–water partition coefficient (Wildman–Crippen LogP) is 6.13. The molecule has 0 unspecified atom stereocenters. The van der Waals surface area contributed by atoms with Gasteiger partial charge in [-0.15, -0.1) is 10.2 Å². The van der Waals surface area contributed by atoms with Crippen molar-refractivity contribution in [2.24, 2.45) is 0 Å². The van der Waals surface area contributed by atoms with E-state index in [-0.39, 0.29) is 23.9 Å². The standard InChI is InChI=1S/C27H27BrN4O4S/c1-5-35-21-12-8-20(9-13-21)32-24(14-36-22-10-6-19(28)7-11-22)30-31-27(32)37-15-23(34)26-16(2)25(18(4)33)17(3)29-26/h6-13,29H,5,14-15H2,1-4H3. The zero-order chi connectivity index (χ0) is 26.5. The number of Topliss-reactive ketones (excluding diaryl/α,β-unsaturated/α-hetero) is 2. The van der Waals surface area contributed by atoms with E-state index in [1.54, 1.807) is 13.8 Å². The summed E-state index contributed by atoms with van der Waals surface area (Å²) < 4.78 is 14.4. The van der Waals surface area contributed by atoms with Crippen molar-refractivity contribution in [1.29, 1.82) is 0 Å². The van der Waals surface area contributed by atoms with Gasteiger partial charge in [0.1, 0.15) is 18.1 Å². The largest absolute Gasteiger partial charge is 0.494 e. The summed E-state index contributed by atoms with van der Waals surface area (Å²) in [5, 5.41) is 9.27. The van der Waals surface area contributed by atoms with Crippen LogP contribution in [0.25, 0.3) is 5.69 Å². The number of nitrogens with one attached hydrogen (secondary N) is 1. The molecule has 4 aromatic rings. The number of aromatic nitrogens is 4. The highest BCUT2D eigenvalue weighted by molar-refractivity contribution is 9.10. The predicted molar refractivity (Wildman–Crippen MR) is 146 cm³/mol. The molecule has 8 nitrogen and oxygen atoms in total. The summed E-state index contributed by atoms with van der Waals surface area (Å²) in [5.74, 6) is 1.99. The van der Waals surface area contributed by atoms with Crippen LogP contribution in [0.3, 0.4) is 0 Å². The second-order valence-electron chi connectivity index (χ2n) is 8.30. The van der Waals surface area contributed by atoms with Gasteiger partial charge in [0.25, 0.3) is 0 Å². The lowest BCUT2D eigenvalue weighted by Gasteiger charge is -2.12. The zero-order valence-electron chi connectivity index (χ0n) is 21.0. The molecule has 0 aliphatic heterocycles. The number of aryl methyl sites for hydroxylation is 1. The van der Waals surface area contributed by atoms with Crippen LogP contribution in [-0.4, -0.2) is 43.7 Å². The number of thioether (sulfide) groups is 1. The van der Waals surface area contributed by atoms with Crippen molar-refractivity contribution in [1.82, 2.24) is 19.7 Å². The number of hydrogen-bond acceptors (Lipinski definition) is 7. The third kappa shape index (κ3) is 6.14. The fourth-order valence-electron chi connectivity index (χ4n) is 4.04. The van der Waals surface area contributed by atoms with Crippen LogP contribution < -0.4 is 9.47 Å². The molecule has 0 bridgehead atoms. The third-order valence-electron chi connectivity index (χ3n) is 5.69. The van der Waals surface area contributed by atoms with Crippen molar-refractivity contribution in [2.75, 3.05) is 12.4 Å². The van der Waals surface area contributed by atoms with Crippen LogP contribution in [0.5, 0.6) is 11.5 Å². The van der Waals surface area contributed by atoms with Gasteiger partial charge in [-0.05, 0) is 81.8 Å². The molecule has 0 atom stereocenters. The van der Waals surface area contributed by atoms with Gasteiger partial charge in [0.2, 0.25) is 0 Å². The van der Waals surface area contributed by atoms with Gasteiger partial charge in [-0.1, -0.05) is 27.7 Å². The lowest BCUT2D eigenvalue weighted by molar-refractivity contribution is 0.101. The van der Waals surface area contributed by atoms with Crippen LogP contribution in [0, 0.1) is 13.8 Å². The zero-order valence-corrected chi connectivity index (χ0v) is 23.4. The number of halogens is 1. The summed E-state index contributed by atoms with van der Waals surface area (Å²) in [6, 6.07) is 15.1. The van der Waals surface area contributed by atoms with Gasteiger partial charge in [-0.2, -0.15) is 0 Å². The van der Waals surface area contributed by atoms with Crippen molar-refractivity contribution < 1.29 is 19.1 Å². The van der Waals surface area contributed by atoms with Crippen molar-refractivity contribution in [3.05, 3.63) is 81.3 Å². The molecule has 0 saturated heterocycles. The average Bonchev–Trinajstić information content (AvgIpc) is 3.42. The number of ketones is 2. The van der Waals surface area contributed by atoms with Crippen molar-refractivity contribution >= 4 is 39.3 Å². The first-order chi connectivity index (χ1) is 17.8. The van der Waals surface area contributed by atoms with Crippen molar-refractivity contribution in [3.8, 4) is 17.2 Å². The van der Waals surface area contributed by atoms with Gasteiger partial charge in [0.05, 0.1) is 18.1 Å². The highest BCUT2D eigenvalue weighted by Gasteiger charge is 2.22. The van der Waals surface area contributed by atoms with E-state index < -0.39 is 0 Å². The van der Waals surface area contributed by atoms with E-state index in [2.05, 4.69) is 31.1 Å². The number of carbonyl (C=O) groups is 2. The maximum absolute atomic E-state index is 13.1. The van der Waals surface area contributed by atoms with E-state index in [1.165, 1.54) is 18.7 Å². The molecule has 0 aliphatic rings. The van der Waals surface area contributed by atoms with Crippen LogP contribution in [-0.2, 0) is 6.61 Å². The number of nitrogens with zero attached hydrogens (tertiary/aromatic N) is 3. The second kappa shape index (κ2) is 11.8. The molecular weight excluding hydrogens is 556 g/mol. The Labute approximate surface area is 227 Å². The number of rotatable bonds is 11. The van der Waals surface area contributed by atoms with Gasteiger partial charge in [0.15, 0.2) is 22.5 Å². The van der Waals surface area contributed by atoms with Gasteiger partial charge in [-0.3, -0.25) is 14.2 Å². The van der Waals surface area contributed by atoms with Crippen molar-refractivity contribution in [2.45, 2.75) is 39.5 Å². The molecule has 2 aromatic carbocycles. The quantitative estimate of drug-likeness (QED) is 0.168. The minimum Gasteiger partial charge on any atom is -0.494 e. The Morgan fingerprint density at radius 2 is 1.65 bits per heavy atom. The highest BCUT2D eigenvalue weighted by Crippen LogP contribution is 2.27. The van der Waals surface area contributed by atoms with Gasteiger partial charge >= 0.3 is 0 Å². The molecule has 192 valence electrons. The smallest absolute Gasteiger partial charge is 0.196 e. The number of ether oxygens (including phenoxy) is 2. The monoisotopic (exact) mass is 582 g/mol. The molecule has 2 heterocycles. The van der Waals surface area contributed by atoms with Gasteiger partial charge in [-0.25, -0.2) is 0 Å². The molecule has 0 fully saturated rings. The Balaban J connectivity index is 1.59. The lowest BCUT2D eigenvalue weighted by atomic mass is 10.1. The molecule has 2 aromatic heterocycles. The Bertz CT molecular complexity index is 1410. The Morgan fingerprint density at radius 3 is 2.27 bits per heavy atom. The van der Waals surface area contributed by atoms with Crippen LogP contribution in [0.2, 0.25) is 0 Å². The second-order valence-corrected chi connectivity index (χ2v) is 10.2. The molecule has 0 aliphatic carbocycles. The van der Waals surface area contributed by atoms with Gasteiger partial charge < -0.3 is 14.5 Å². The Morgan fingerprint density at radius 1 is 1.00 bits per heavy atom. The Kier molecular flexibility index (Phi) is 8.50. The first-order valence-electron chi connectivity index (χ1n) is 11.7. The first-order valence-corrected chi connectivity index (χ1v) is 13.5. The van der Waals surface area contributed by atoms with Crippen LogP contribution in [0.1, 0.15) is 51.8 Å². The number of aromatic amines is 1. The summed E-state index contributed by atoms with van der Waals surface area (Å²) in [6.45, 7) is 7.79. The maximum Gasteiger partial charge on any atom is 0.196 e.